The van der Waals surface area contributed by atoms with Gasteiger partial charge in [0.2, 0.25) is 0 Å². The summed E-state index contributed by atoms with van der Waals surface area (Å²) in [5.41, 5.74) is 11.1. The van der Waals surface area contributed by atoms with E-state index >= 15 is 0 Å². The lowest BCUT2D eigenvalue weighted by Crippen LogP contribution is -2.26. The molecule has 0 saturated heterocycles. The lowest BCUT2D eigenvalue weighted by molar-refractivity contribution is 0.380. The molecule has 0 bridgehead atoms. The number of imidazole rings is 1. The Morgan fingerprint density at radius 3 is 2.72 bits per heavy atom. The van der Waals surface area contributed by atoms with Crippen molar-refractivity contribution in [3.63, 3.8) is 0 Å². The molecule has 29 heavy (non-hydrogen) atoms. The van der Waals surface area contributed by atoms with E-state index in [1.807, 2.05) is 12.3 Å². The molecule has 1 aliphatic heterocycles. The average molecular weight is 412 g/mol. The standard InChI is InChI=1S/C23H33N5S/c1-6-9-12-19-17(5)26-27-21(19)20-15-29-23(25-20)22-24-13-16(4)28(22)14-18(10-7-2)11-8-3/h6,9,12-13,15,18,21,26-27H,1,7-8,10-11,14H2,2-5H3/b12-9-. The number of thiazole rings is 1. The molecule has 6 heteroatoms. The first kappa shape index (κ1) is 21.5. The van der Waals surface area contributed by atoms with Crippen molar-refractivity contribution in [2.45, 2.75) is 66.0 Å². The molecule has 2 aromatic rings. The minimum absolute atomic E-state index is 0.0358. The van der Waals surface area contributed by atoms with E-state index < -0.39 is 0 Å². The van der Waals surface area contributed by atoms with Crippen LogP contribution in [-0.4, -0.2) is 14.5 Å². The number of hydrogen-bond acceptors (Lipinski definition) is 5. The summed E-state index contributed by atoms with van der Waals surface area (Å²) in [5, 5.41) is 3.12. The van der Waals surface area contributed by atoms with Gasteiger partial charge in [0, 0.05) is 29.5 Å². The third kappa shape index (κ3) is 4.87. The van der Waals surface area contributed by atoms with Crippen molar-refractivity contribution in [1.29, 1.82) is 0 Å². The molecule has 1 aliphatic rings. The zero-order valence-corrected chi connectivity index (χ0v) is 18.9. The van der Waals surface area contributed by atoms with Gasteiger partial charge in [-0.2, -0.15) is 0 Å². The van der Waals surface area contributed by atoms with Crippen molar-refractivity contribution >= 4 is 11.3 Å². The van der Waals surface area contributed by atoms with Crippen LogP contribution in [0.2, 0.25) is 0 Å². The van der Waals surface area contributed by atoms with Crippen LogP contribution in [0.15, 0.2) is 47.7 Å². The van der Waals surface area contributed by atoms with E-state index in [-0.39, 0.29) is 6.04 Å². The molecule has 0 radical (unpaired) electrons. The topological polar surface area (TPSA) is 54.8 Å². The molecule has 1 unspecified atom stereocenters. The Morgan fingerprint density at radius 2 is 2.03 bits per heavy atom. The van der Waals surface area contributed by atoms with Crippen LogP contribution in [0, 0.1) is 12.8 Å². The number of rotatable bonds is 10. The SMILES string of the molecule is C=C/C=C\C1=C(C)NNC1c1csc(-c2ncc(C)n2CC(CCC)CCC)n1. The minimum atomic E-state index is 0.0358. The highest BCUT2D eigenvalue weighted by molar-refractivity contribution is 7.13. The second-order valence-electron chi connectivity index (χ2n) is 7.73. The van der Waals surface area contributed by atoms with Gasteiger partial charge >= 0.3 is 0 Å². The smallest absolute Gasteiger partial charge is 0.169 e. The van der Waals surface area contributed by atoms with Gasteiger partial charge in [-0.05, 0) is 38.2 Å². The largest absolute Gasteiger partial charge is 0.326 e. The zero-order chi connectivity index (χ0) is 20.8. The summed E-state index contributed by atoms with van der Waals surface area (Å²) in [6, 6.07) is 0.0358. The molecule has 2 aromatic heterocycles. The first-order valence-electron chi connectivity index (χ1n) is 10.6. The van der Waals surface area contributed by atoms with Crippen molar-refractivity contribution < 1.29 is 0 Å². The molecule has 0 saturated carbocycles. The van der Waals surface area contributed by atoms with Crippen LogP contribution < -0.4 is 10.9 Å². The maximum absolute atomic E-state index is 4.97. The molecular weight excluding hydrogens is 378 g/mol. The van der Waals surface area contributed by atoms with Gasteiger partial charge in [0.05, 0.1) is 11.7 Å². The Bertz CT molecular complexity index is 883. The van der Waals surface area contributed by atoms with Crippen LogP contribution in [0.3, 0.4) is 0 Å². The second kappa shape index (κ2) is 10.0. The lowest BCUT2D eigenvalue weighted by atomic mass is 9.98. The summed E-state index contributed by atoms with van der Waals surface area (Å²) < 4.78 is 2.36. The first-order chi connectivity index (χ1) is 14.1. The van der Waals surface area contributed by atoms with Crippen LogP contribution in [0.4, 0.5) is 0 Å². The van der Waals surface area contributed by atoms with Gasteiger partial charge in [0.1, 0.15) is 0 Å². The third-order valence-corrected chi connectivity index (χ3v) is 6.32. The van der Waals surface area contributed by atoms with Crippen molar-refractivity contribution in [2.24, 2.45) is 5.92 Å². The number of hydrogen-bond donors (Lipinski definition) is 2. The van der Waals surface area contributed by atoms with Crippen LogP contribution >= 0.6 is 11.3 Å². The Labute approximate surface area is 178 Å². The maximum atomic E-state index is 4.97. The molecule has 3 rings (SSSR count). The molecule has 3 heterocycles. The van der Waals surface area contributed by atoms with Crippen LogP contribution in [0.25, 0.3) is 10.8 Å². The predicted molar refractivity (Wildman–Crippen MR) is 122 cm³/mol. The third-order valence-electron chi connectivity index (χ3n) is 5.46. The minimum Gasteiger partial charge on any atom is -0.326 e. The highest BCUT2D eigenvalue weighted by Crippen LogP contribution is 2.33. The Kier molecular flexibility index (Phi) is 7.45. The van der Waals surface area contributed by atoms with E-state index in [1.54, 1.807) is 17.4 Å². The number of allylic oxidation sites excluding steroid dienone is 3. The molecule has 0 spiro atoms. The molecule has 5 nitrogen and oxygen atoms in total. The molecule has 2 N–H and O–H groups in total. The zero-order valence-electron chi connectivity index (χ0n) is 18.0. The number of nitrogens with zero attached hydrogens (tertiary/aromatic N) is 3. The van der Waals surface area contributed by atoms with Gasteiger partial charge in [-0.3, -0.25) is 0 Å². The van der Waals surface area contributed by atoms with Gasteiger partial charge in [0.25, 0.3) is 0 Å². The molecule has 1 atom stereocenters. The molecule has 0 fully saturated rings. The monoisotopic (exact) mass is 411 g/mol. The average Bonchev–Trinajstić information content (AvgIpc) is 3.40. The summed E-state index contributed by atoms with van der Waals surface area (Å²) in [6.07, 6.45) is 12.8. The molecule has 0 aliphatic carbocycles. The van der Waals surface area contributed by atoms with Crippen LogP contribution in [0.1, 0.15) is 63.9 Å². The first-order valence-corrected chi connectivity index (χ1v) is 11.5. The summed E-state index contributed by atoms with van der Waals surface area (Å²) in [4.78, 5) is 9.69. The van der Waals surface area contributed by atoms with E-state index in [4.69, 9.17) is 9.97 Å². The van der Waals surface area contributed by atoms with Gasteiger partial charge in [0.15, 0.2) is 10.8 Å². The molecular formula is C23H33N5S. The highest BCUT2D eigenvalue weighted by atomic mass is 32.1. The summed E-state index contributed by atoms with van der Waals surface area (Å²) in [5.74, 6) is 1.68. The van der Waals surface area contributed by atoms with E-state index in [0.29, 0.717) is 5.92 Å². The fraction of sp³-hybridized carbons (Fsp3) is 0.478. The quantitative estimate of drug-likeness (QED) is 0.493. The van der Waals surface area contributed by atoms with E-state index in [2.05, 4.69) is 61.1 Å². The van der Waals surface area contributed by atoms with E-state index in [1.165, 1.54) is 37.0 Å². The maximum Gasteiger partial charge on any atom is 0.169 e. The van der Waals surface area contributed by atoms with Gasteiger partial charge in [-0.1, -0.05) is 51.5 Å². The van der Waals surface area contributed by atoms with Crippen molar-refractivity contribution in [2.75, 3.05) is 0 Å². The van der Waals surface area contributed by atoms with Gasteiger partial charge < -0.3 is 9.99 Å². The van der Waals surface area contributed by atoms with E-state index in [9.17, 15) is 0 Å². The van der Waals surface area contributed by atoms with Gasteiger partial charge in [-0.15, -0.1) is 11.3 Å². The van der Waals surface area contributed by atoms with E-state index in [0.717, 1.165) is 28.8 Å². The molecule has 0 aromatic carbocycles. The Hall–Kier alpha value is -2.18. The summed E-state index contributed by atoms with van der Waals surface area (Å²) >= 11 is 1.67. The highest BCUT2D eigenvalue weighted by Gasteiger charge is 2.26. The lowest BCUT2D eigenvalue weighted by Gasteiger charge is -2.18. The number of nitrogens with one attached hydrogen (secondary N) is 2. The fourth-order valence-corrected chi connectivity index (χ4v) is 4.81. The van der Waals surface area contributed by atoms with Crippen LogP contribution in [0.5, 0.6) is 0 Å². The summed E-state index contributed by atoms with van der Waals surface area (Å²) in [7, 11) is 0. The number of hydrazine groups is 1. The van der Waals surface area contributed by atoms with Crippen molar-refractivity contribution in [1.82, 2.24) is 25.4 Å². The normalized spacial score (nSPS) is 16.9. The molecule has 0 amide bonds. The predicted octanol–water partition coefficient (Wildman–Crippen LogP) is 5.70. The fourth-order valence-electron chi connectivity index (χ4n) is 3.96. The summed E-state index contributed by atoms with van der Waals surface area (Å²) in [6.45, 7) is 13.6. The second-order valence-corrected chi connectivity index (χ2v) is 8.59. The van der Waals surface area contributed by atoms with Crippen molar-refractivity contribution in [3.05, 3.63) is 59.0 Å². The van der Waals surface area contributed by atoms with Crippen LogP contribution in [-0.2, 0) is 6.54 Å². The van der Waals surface area contributed by atoms with Crippen molar-refractivity contribution in [3.8, 4) is 10.8 Å². The number of aromatic nitrogens is 3. The number of aryl methyl sites for hydroxylation is 1. The Balaban J connectivity index is 1.86. The molecule has 156 valence electrons. The van der Waals surface area contributed by atoms with Gasteiger partial charge in [-0.25, -0.2) is 15.4 Å². The Morgan fingerprint density at radius 1 is 1.28 bits per heavy atom.